The molecule has 0 bridgehead atoms. The summed E-state index contributed by atoms with van der Waals surface area (Å²) in [5, 5.41) is 2.56. The van der Waals surface area contributed by atoms with Gasteiger partial charge in [-0.1, -0.05) is 30.3 Å². The lowest BCUT2D eigenvalue weighted by atomic mass is 10.2. The first-order chi connectivity index (χ1) is 14.0. The molecule has 0 fully saturated rings. The largest absolute Gasteiger partial charge is 0.497 e. The molecule has 0 heterocycles. The number of hydrogen-bond acceptors (Lipinski definition) is 5. The van der Waals surface area contributed by atoms with E-state index in [0.29, 0.717) is 17.1 Å². The Morgan fingerprint density at radius 3 is 2.10 bits per heavy atom. The van der Waals surface area contributed by atoms with Gasteiger partial charge in [-0.05, 0) is 54.1 Å². The topological polar surface area (TPSA) is 93.7 Å². The van der Waals surface area contributed by atoms with Crippen LogP contribution in [0.5, 0.6) is 5.75 Å². The van der Waals surface area contributed by atoms with Crippen LogP contribution in [-0.2, 0) is 21.4 Å². The van der Waals surface area contributed by atoms with Gasteiger partial charge in [0.05, 0.1) is 12.0 Å². The fourth-order valence-electron chi connectivity index (χ4n) is 2.47. The van der Waals surface area contributed by atoms with E-state index in [4.69, 9.17) is 9.47 Å². The number of carbonyl (C=O) groups is 1. The third-order valence-corrected chi connectivity index (χ3v) is 5.36. The number of carbonyl (C=O) groups excluding carboxylic acids is 1. The van der Waals surface area contributed by atoms with Crippen LogP contribution in [0.4, 0.5) is 16.2 Å². The van der Waals surface area contributed by atoms with Crippen LogP contribution in [0.25, 0.3) is 0 Å². The number of ether oxygens (including phenoxy) is 2. The normalized spacial score (nSPS) is 10.8. The summed E-state index contributed by atoms with van der Waals surface area (Å²) in [4.78, 5) is 12.0. The van der Waals surface area contributed by atoms with Crippen molar-refractivity contribution < 1.29 is 22.7 Å². The first-order valence-electron chi connectivity index (χ1n) is 8.71. The van der Waals surface area contributed by atoms with E-state index >= 15 is 0 Å². The van der Waals surface area contributed by atoms with Gasteiger partial charge in [0.1, 0.15) is 12.4 Å². The van der Waals surface area contributed by atoms with Crippen molar-refractivity contribution in [2.75, 3.05) is 17.1 Å². The van der Waals surface area contributed by atoms with Gasteiger partial charge in [0.15, 0.2) is 0 Å². The number of hydrogen-bond donors (Lipinski definition) is 2. The van der Waals surface area contributed by atoms with Crippen molar-refractivity contribution >= 4 is 27.5 Å². The number of anilines is 2. The van der Waals surface area contributed by atoms with E-state index in [1.807, 2.05) is 30.3 Å². The van der Waals surface area contributed by atoms with E-state index in [-0.39, 0.29) is 11.5 Å². The molecule has 0 saturated carbocycles. The Balaban J connectivity index is 1.58. The highest BCUT2D eigenvalue weighted by atomic mass is 32.2. The van der Waals surface area contributed by atoms with Gasteiger partial charge in [0.2, 0.25) is 0 Å². The van der Waals surface area contributed by atoms with E-state index in [9.17, 15) is 13.2 Å². The predicted octanol–water partition coefficient (Wildman–Crippen LogP) is 4.24. The van der Waals surface area contributed by atoms with Crippen molar-refractivity contribution in [3.8, 4) is 5.75 Å². The first-order valence-corrected chi connectivity index (χ1v) is 10.2. The van der Waals surface area contributed by atoms with E-state index in [1.54, 1.807) is 24.3 Å². The zero-order valence-electron chi connectivity index (χ0n) is 15.7. The van der Waals surface area contributed by atoms with Gasteiger partial charge in [0, 0.05) is 11.4 Å². The second kappa shape index (κ2) is 9.11. The van der Waals surface area contributed by atoms with Crippen LogP contribution in [0.3, 0.4) is 0 Å². The van der Waals surface area contributed by atoms with Crippen LogP contribution < -0.4 is 14.8 Å². The van der Waals surface area contributed by atoms with Gasteiger partial charge in [-0.15, -0.1) is 0 Å². The quantitative estimate of drug-likeness (QED) is 0.605. The van der Waals surface area contributed by atoms with Crippen LogP contribution in [0.2, 0.25) is 0 Å². The van der Waals surface area contributed by atoms with Gasteiger partial charge >= 0.3 is 6.09 Å². The van der Waals surface area contributed by atoms with E-state index in [1.165, 1.54) is 31.4 Å². The molecule has 3 aromatic rings. The molecule has 3 rings (SSSR count). The summed E-state index contributed by atoms with van der Waals surface area (Å²) in [6, 6.07) is 21.6. The van der Waals surface area contributed by atoms with Gasteiger partial charge in [0.25, 0.3) is 10.0 Å². The Labute approximate surface area is 169 Å². The van der Waals surface area contributed by atoms with Crippen LogP contribution in [0, 0.1) is 0 Å². The minimum Gasteiger partial charge on any atom is -0.497 e. The Morgan fingerprint density at radius 1 is 0.862 bits per heavy atom. The maximum absolute atomic E-state index is 12.5. The van der Waals surface area contributed by atoms with Crippen LogP contribution in [-0.4, -0.2) is 21.6 Å². The molecule has 2 N–H and O–H groups in total. The molecule has 8 heteroatoms. The summed E-state index contributed by atoms with van der Waals surface area (Å²) in [5.74, 6) is 0.627. The maximum atomic E-state index is 12.5. The molecule has 0 aliphatic rings. The summed E-state index contributed by atoms with van der Waals surface area (Å²) < 4.78 is 37.7. The van der Waals surface area contributed by atoms with E-state index in [2.05, 4.69) is 10.0 Å². The zero-order chi connectivity index (χ0) is 20.7. The van der Waals surface area contributed by atoms with Crippen molar-refractivity contribution in [3.05, 3.63) is 84.4 Å². The Bertz CT molecular complexity index is 1050. The van der Waals surface area contributed by atoms with Crippen LogP contribution in [0.15, 0.2) is 83.8 Å². The Hall–Kier alpha value is -3.52. The summed E-state index contributed by atoms with van der Waals surface area (Å²) in [6.45, 7) is 0.144. The number of methoxy groups -OCH3 is 1. The molecule has 3 aromatic carbocycles. The maximum Gasteiger partial charge on any atom is 0.411 e. The summed E-state index contributed by atoms with van der Waals surface area (Å²) in [6.07, 6.45) is -0.624. The standard InChI is InChI=1S/C21H20N2O5S/c1-27-19-11-7-18(8-12-19)23-29(25,26)20-13-9-17(10-14-20)22-21(24)28-15-16-5-3-2-4-6-16/h2-14,23H,15H2,1H3,(H,22,24). The average Bonchev–Trinajstić information content (AvgIpc) is 2.74. The summed E-state index contributed by atoms with van der Waals surface area (Å²) in [7, 11) is -2.23. The Morgan fingerprint density at radius 2 is 1.48 bits per heavy atom. The van der Waals surface area contributed by atoms with Crippen LogP contribution >= 0.6 is 0 Å². The fraction of sp³-hybridized carbons (Fsp3) is 0.0952. The predicted molar refractivity (Wildman–Crippen MR) is 110 cm³/mol. The first kappa shape index (κ1) is 20.2. The van der Waals surface area contributed by atoms with Gasteiger partial charge in [-0.25, -0.2) is 13.2 Å². The summed E-state index contributed by atoms with van der Waals surface area (Å²) >= 11 is 0. The van der Waals surface area contributed by atoms with Crippen molar-refractivity contribution in [1.82, 2.24) is 0 Å². The molecule has 1 amide bonds. The highest BCUT2D eigenvalue weighted by molar-refractivity contribution is 7.92. The van der Waals surface area contributed by atoms with Crippen molar-refractivity contribution in [3.63, 3.8) is 0 Å². The van der Waals surface area contributed by atoms with Gasteiger partial charge in [-0.2, -0.15) is 0 Å². The molecule has 29 heavy (non-hydrogen) atoms. The van der Waals surface area contributed by atoms with Gasteiger partial charge in [-0.3, -0.25) is 10.0 Å². The lowest BCUT2D eigenvalue weighted by molar-refractivity contribution is 0.155. The van der Waals surface area contributed by atoms with Crippen LogP contribution in [0.1, 0.15) is 5.56 Å². The van der Waals surface area contributed by atoms with Crippen molar-refractivity contribution in [2.45, 2.75) is 11.5 Å². The third-order valence-electron chi connectivity index (χ3n) is 3.97. The summed E-state index contributed by atoms with van der Waals surface area (Å²) in [5.41, 5.74) is 1.71. The number of sulfonamides is 1. The van der Waals surface area contributed by atoms with Crippen molar-refractivity contribution in [2.24, 2.45) is 0 Å². The number of benzene rings is 3. The molecule has 0 aromatic heterocycles. The second-order valence-corrected chi connectivity index (χ2v) is 7.73. The molecule has 0 saturated heterocycles. The molecule has 7 nitrogen and oxygen atoms in total. The van der Waals surface area contributed by atoms with Crippen molar-refractivity contribution in [1.29, 1.82) is 0 Å². The smallest absolute Gasteiger partial charge is 0.411 e. The molecule has 0 atom stereocenters. The average molecular weight is 412 g/mol. The zero-order valence-corrected chi connectivity index (χ0v) is 16.5. The van der Waals surface area contributed by atoms with E-state index < -0.39 is 16.1 Å². The second-order valence-electron chi connectivity index (χ2n) is 6.05. The number of nitrogens with one attached hydrogen (secondary N) is 2. The molecule has 0 unspecified atom stereocenters. The number of rotatable bonds is 7. The third kappa shape index (κ3) is 5.73. The lowest BCUT2D eigenvalue weighted by Gasteiger charge is -2.10. The monoisotopic (exact) mass is 412 g/mol. The molecule has 0 aliphatic heterocycles. The Kier molecular flexibility index (Phi) is 6.36. The fourth-order valence-corrected chi connectivity index (χ4v) is 3.53. The lowest BCUT2D eigenvalue weighted by Crippen LogP contribution is -2.15. The van der Waals surface area contributed by atoms with E-state index in [0.717, 1.165) is 5.56 Å². The molecule has 0 spiro atoms. The molecule has 0 radical (unpaired) electrons. The highest BCUT2D eigenvalue weighted by Crippen LogP contribution is 2.20. The minimum absolute atomic E-state index is 0.0662. The minimum atomic E-state index is -3.76. The molecule has 0 aliphatic carbocycles. The number of amides is 1. The molecule has 150 valence electrons. The SMILES string of the molecule is COc1ccc(NS(=O)(=O)c2ccc(NC(=O)OCc3ccccc3)cc2)cc1. The molecular formula is C21H20N2O5S. The highest BCUT2D eigenvalue weighted by Gasteiger charge is 2.14. The molecular weight excluding hydrogens is 392 g/mol. The van der Waals surface area contributed by atoms with Gasteiger partial charge < -0.3 is 9.47 Å².